The lowest BCUT2D eigenvalue weighted by Crippen LogP contribution is -2.50. The molecule has 0 saturated carbocycles. The van der Waals surface area contributed by atoms with Crippen LogP contribution in [0.15, 0.2) is 61.2 Å². The Morgan fingerprint density at radius 1 is 0.969 bits per heavy atom. The van der Waals surface area contributed by atoms with Crippen LogP contribution in [0.1, 0.15) is 33.2 Å². The molecule has 0 radical (unpaired) electrons. The molecule has 0 aliphatic carbocycles. The molecule has 1 saturated heterocycles. The number of amides is 2. The first kappa shape index (κ1) is 21.2. The summed E-state index contributed by atoms with van der Waals surface area (Å²) in [6.07, 6.45) is 5.52. The molecule has 1 aromatic heterocycles. The number of nitro benzene ring substituents is 1. The Balaban J connectivity index is 1.44. The molecular weight excluding hydrogens is 410 g/mol. The summed E-state index contributed by atoms with van der Waals surface area (Å²) < 4.78 is 1.53. The van der Waals surface area contributed by atoms with Gasteiger partial charge < -0.3 is 14.4 Å². The van der Waals surface area contributed by atoms with Crippen molar-refractivity contribution in [1.29, 1.82) is 0 Å². The Kier molecular flexibility index (Phi) is 5.98. The predicted molar refractivity (Wildman–Crippen MR) is 118 cm³/mol. The summed E-state index contributed by atoms with van der Waals surface area (Å²) >= 11 is 0. The number of rotatable bonds is 5. The van der Waals surface area contributed by atoms with Gasteiger partial charge in [0.1, 0.15) is 5.69 Å². The third-order valence-electron chi connectivity index (χ3n) is 5.66. The van der Waals surface area contributed by atoms with Gasteiger partial charge in [-0.15, -0.1) is 0 Å². The number of imidazole rings is 1. The van der Waals surface area contributed by atoms with Crippen molar-refractivity contribution in [3.8, 4) is 5.69 Å². The molecule has 0 atom stereocenters. The second-order valence-corrected chi connectivity index (χ2v) is 7.57. The molecule has 0 spiro atoms. The van der Waals surface area contributed by atoms with Crippen LogP contribution in [0, 0.1) is 10.1 Å². The number of aryl methyl sites for hydroxylation is 1. The zero-order valence-corrected chi connectivity index (χ0v) is 17.7. The Morgan fingerprint density at radius 2 is 1.56 bits per heavy atom. The normalized spacial score (nSPS) is 13.8. The monoisotopic (exact) mass is 433 g/mol. The minimum Gasteiger partial charge on any atom is -0.335 e. The zero-order valence-electron chi connectivity index (χ0n) is 17.7. The predicted octanol–water partition coefficient (Wildman–Crippen LogP) is 2.94. The number of nitro groups is 1. The molecule has 1 aliphatic heterocycles. The van der Waals surface area contributed by atoms with Gasteiger partial charge in [0, 0.05) is 55.8 Å². The number of carbonyl (C=O) groups is 2. The van der Waals surface area contributed by atoms with Crippen molar-refractivity contribution in [2.45, 2.75) is 13.3 Å². The molecule has 0 unspecified atom stereocenters. The summed E-state index contributed by atoms with van der Waals surface area (Å²) in [7, 11) is 0. The number of hydrogen-bond donors (Lipinski definition) is 0. The Labute approximate surface area is 185 Å². The molecule has 1 fully saturated rings. The van der Waals surface area contributed by atoms with Crippen molar-refractivity contribution in [2.24, 2.45) is 0 Å². The van der Waals surface area contributed by atoms with Gasteiger partial charge in [-0.05, 0) is 36.2 Å². The molecule has 164 valence electrons. The molecule has 9 nitrogen and oxygen atoms in total. The number of carbonyl (C=O) groups excluding carboxylic acids is 2. The van der Waals surface area contributed by atoms with E-state index in [0.717, 1.165) is 6.42 Å². The molecule has 9 heteroatoms. The number of nitrogens with zero attached hydrogens (tertiary/aromatic N) is 5. The van der Waals surface area contributed by atoms with E-state index in [1.54, 1.807) is 28.1 Å². The summed E-state index contributed by atoms with van der Waals surface area (Å²) in [5.41, 5.74) is 2.22. The van der Waals surface area contributed by atoms with Gasteiger partial charge in [-0.1, -0.05) is 19.1 Å². The maximum atomic E-state index is 13.0. The van der Waals surface area contributed by atoms with Gasteiger partial charge in [0.25, 0.3) is 17.5 Å². The van der Waals surface area contributed by atoms with E-state index in [2.05, 4.69) is 11.9 Å². The summed E-state index contributed by atoms with van der Waals surface area (Å²) in [6.45, 7) is 3.63. The van der Waals surface area contributed by atoms with Crippen molar-refractivity contribution in [3.05, 3.63) is 88.0 Å². The van der Waals surface area contributed by atoms with Crippen molar-refractivity contribution in [3.63, 3.8) is 0 Å². The molecule has 2 amide bonds. The van der Waals surface area contributed by atoms with Crippen LogP contribution in [0.3, 0.4) is 0 Å². The fraction of sp³-hybridized carbons (Fsp3) is 0.261. The third kappa shape index (κ3) is 4.22. The van der Waals surface area contributed by atoms with Gasteiger partial charge in [-0.25, -0.2) is 4.98 Å². The average Bonchev–Trinajstić information content (AvgIpc) is 3.38. The highest BCUT2D eigenvalue weighted by molar-refractivity contribution is 5.96. The molecule has 0 N–H and O–H groups in total. The van der Waals surface area contributed by atoms with E-state index in [1.807, 2.05) is 24.3 Å². The molecule has 0 bridgehead atoms. The third-order valence-corrected chi connectivity index (χ3v) is 5.66. The maximum Gasteiger partial charge on any atom is 0.294 e. The van der Waals surface area contributed by atoms with E-state index < -0.39 is 4.92 Å². The number of benzene rings is 2. The number of hydrogen-bond acceptors (Lipinski definition) is 5. The second kappa shape index (κ2) is 9.01. The van der Waals surface area contributed by atoms with Crippen molar-refractivity contribution >= 4 is 17.5 Å². The fourth-order valence-corrected chi connectivity index (χ4v) is 3.78. The molecule has 2 heterocycles. The van der Waals surface area contributed by atoms with Gasteiger partial charge in [0.15, 0.2) is 0 Å². The molecule has 32 heavy (non-hydrogen) atoms. The lowest BCUT2D eigenvalue weighted by molar-refractivity contribution is -0.384. The molecule has 3 aromatic rings. The first-order valence-electron chi connectivity index (χ1n) is 10.4. The van der Waals surface area contributed by atoms with Crippen LogP contribution < -0.4 is 0 Å². The minimum atomic E-state index is -0.507. The second-order valence-electron chi connectivity index (χ2n) is 7.57. The summed E-state index contributed by atoms with van der Waals surface area (Å²) in [6, 6.07) is 12.0. The summed E-state index contributed by atoms with van der Waals surface area (Å²) in [5, 5.41) is 11.6. The van der Waals surface area contributed by atoms with Gasteiger partial charge in [-0.2, -0.15) is 0 Å². The standard InChI is InChI=1S/C23H23N5O4/c1-2-17-3-5-18(6-4-17)22(29)25-11-13-26(14-12-25)23(30)19-7-8-20(21(15-19)28(31)32)27-10-9-24-16-27/h3-10,15-16H,2,11-14H2,1H3. The Bertz CT molecular complexity index is 1130. The highest BCUT2D eigenvalue weighted by atomic mass is 16.6. The fourth-order valence-electron chi connectivity index (χ4n) is 3.78. The quantitative estimate of drug-likeness (QED) is 0.455. The molecule has 4 rings (SSSR count). The largest absolute Gasteiger partial charge is 0.335 e. The Hall–Kier alpha value is -4.01. The van der Waals surface area contributed by atoms with Crippen LogP contribution in [-0.2, 0) is 6.42 Å². The first-order valence-corrected chi connectivity index (χ1v) is 10.4. The van der Waals surface area contributed by atoms with Crippen LogP contribution in [0.2, 0.25) is 0 Å². The van der Waals surface area contributed by atoms with E-state index in [1.165, 1.54) is 28.7 Å². The molecule has 2 aromatic carbocycles. The van der Waals surface area contributed by atoms with E-state index in [-0.39, 0.29) is 23.1 Å². The van der Waals surface area contributed by atoms with Gasteiger partial charge in [0.05, 0.1) is 11.3 Å². The van der Waals surface area contributed by atoms with Crippen LogP contribution in [0.25, 0.3) is 5.69 Å². The SMILES string of the molecule is CCc1ccc(C(=O)N2CCN(C(=O)c3ccc(-n4ccnc4)c([N+](=O)[O-])c3)CC2)cc1. The zero-order chi connectivity index (χ0) is 22.7. The first-order chi connectivity index (χ1) is 15.5. The number of piperazine rings is 1. The topological polar surface area (TPSA) is 102 Å². The summed E-state index contributed by atoms with van der Waals surface area (Å²) in [4.78, 5) is 44.1. The smallest absolute Gasteiger partial charge is 0.294 e. The number of aromatic nitrogens is 2. The average molecular weight is 433 g/mol. The van der Waals surface area contributed by atoms with Crippen LogP contribution in [0.4, 0.5) is 5.69 Å². The highest BCUT2D eigenvalue weighted by Crippen LogP contribution is 2.25. The van der Waals surface area contributed by atoms with Gasteiger partial charge in [-0.3, -0.25) is 19.7 Å². The summed E-state index contributed by atoms with van der Waals surface area (Å²) in [5.74, 6) is -0.343. The lowest BCUT2D eigenvalue weighted by atomic mass is 10.1. The lowest BCUT2D eigenvalue weighted by Gasteiger charge is -2.35. The van der Waals surface area contributed by atoms with Crippen LogP contribution >= 0.6 is 0 Å². The maximum absolute atomic E-state index is 13.0. The Morgan fingerprint density at radius 3 is 2.09 bits per heavy atom. The van der Waals surface area contributed by atoms with E-state index in [0.29, 0.717) is 37.4 Å². The highest BCUT2D eigenvalue weighted by Gasteiger charge is 2.27. The van der Waals surface area contributed by atoms with E-state index >= 15 is 0 Å². The van der Waals surface area contributed by atoms with Crippen molar-refractivity contribution < 1.29 is 14.5 Å². The molecule has 1 aliphatic rings. The van der Waals surface area contributed by atoms with Gasteiger partial charge >= 0.3 is 0 Å². The van der Waals surface area contributed by atoms with Crippen molar-refractivity contribution in [2.75, 3.05) is 26.2 Å². The minimum absolute atomic E-state index is 0.0555. The molecular formula is C23H23N5O4. The van der Waals surface area contributed by atoms with Crippen LogP contribution in [-0.4, -0.2) is 62.3 Å². The van der Waals surface area contributed by atoms with Crippen molar-refractivity contribution in [1.82, 2.24) is 19.4 Å². The van der Waals surface area contributed by atoms with E-state index in [4.69, 9.17) is 0 Å². The van der Waals surface area contributed by atoms with E-state index in [9.17, 15) is 19.7 Å². The van der Waals surface area contributed by atoms with Crippen LogP contribution in [0.5, 0.6) is 0 Å². The van der Waals surface area contributed by atoms with Gasteiger partial charge in [0.2, 0.25) is 0 Å².